The Morgan fingerprint density at radius 3 is 2.74 bits per heavy atom. The molecule has 0 saturated carbocycles. The molecule has 0 unspecified atom stereocenters. The van der Waals surface area contributed by atoms with E-state index in [2.05, 4.69) is 0 Å². The van der Waals surface area contributed by atoms with Crippen LogP contribution in [0.25, 0.3) is 0 Å². The summed E-state index contributed by atoms with van der Waals surface area (Å²) >= 11 is 5.88. The van der Waals surface area contributed by atoms with Crippen LogP contribution in [0.5, 0.6) is 0 Å². The van der Waals surface area contributed by atoms with Gasteiger partial charge in [0.2, 0.25) is 0 Å². The van der Waals surface area contributed by atoms with Gasteiger partial charge in [0.1, 0.15) is 11.4 Å². The summed E-state index contributed by atoms with van der Waals surface area (Å²) in [5.74, 6) is -1.73. The van der Waals surface area contributed by atoms with Crippen molar-refractivity contribution in [3.8, 4) is 0 Å². The largest absolute Gasteiger partial charge is 0.477 e. The fourth-order valence-corrected chi connectivity index (χ4v) is 1.86. The zero-order valence-electron chi connectivity index (χ0n) is 9.64. The molecule has 0 aliphatic carbocycles. The molecule has 0 saturated heterocycles. The predicted molar refractivity (Wildman–Crippen MR) is 68.2 cm³/mol. The highest BCUT2D eigenvalue weighted by Gasteiger charge is 2.09. The molecule has 98 valence electrons. The molecule has 4 nitrogen and oxygen atoms in total. The highest BCUT2D eigenvalue weighted by molar-refractivity contribution is 6.31. The van der Waals surface area contributed by atoms with E-state index < -0.39 is 17.2 Å². The average Bonchev–Trinajstić information content (AvgIpc) is 2.34. The third kappa shape index (κ3) is 3.00. The maximum Gasteiger partial charge on any atom is 0.341 e. The van der Waals surface area contributed by atoms with Crippen molar-refractivity contribution in [1.29, 1.82) is 0 Å². The molecule has 0 amide bonds. The van der Waals surface area contributed by atoms with Crippen molar-refractivity contribution >= 4 is 17.6 Å². The van der Waals surface area contributed by atoms with Crippen LogP contribution in [0.3, 0.4) is 0 Å². The molecular weight excluding hydrogens is 273 g/mol. The van der Waals surface area contributed by atoms with Crippen molar-refractivity contribution in [2.75, 3.05) is 0 Å². The van der Waals surface area contributed by atoms with E-state index in [1.165, 1.54) is 41.2 Å². The summed E-state index contributed by atoms with van der Waals surface area (Å²) in [5, 5.41) is 9.10. The summed E-state index contributed by atoms with van der Waals surface area (Å²) in [7, 11) is 0. The van der Waals surface area contributed by atoms with Gasteiger partial charge in [-0.1, -0.05) is 17.7 Å². The van der Waals surface area contributed by atoms with E-state index in [0.29, 0.717) is 5.56 Å². The lowest BCUT2D eigenvalue weighted by Crippen LogP contribution is -2.16. The highest BCUT2D eigenvalue weighted by Crippen LogP contribution is 2.18. The Hall–Kier alpha value is -2.14. The van der Waals surface area contributed by atoms with Crippen molar-refractivity contribution in [1.82, 2.24) is 4.57 Å². The minimum atomic E-state index is -1.29. The molecule has 1 aromatic carbocycles. The van der Waals surface area contributed by atoms with Gasteiger partial charge in [0.25, 0.3) is 0 Å². The van der Waals surface area contributed by atoms with Crippen molar-refractivity contribution in [2.45, 2.75) is 6.54 Å². The molecular formula is C13H9ClFNO3. The SMILES string of the molecule is O=C(O)c1cn(Cc2ccc(F)cc2Cl)ccc1=O. The third-order valence-electron chi connectivity index (χ3n) is 2.58. The number of carboxylic acid groups (broad SMARTS) is 1. The molecule has 2 aromatic rings. The Labute approximate surface area is 112 Å². The van der Waals surface area contributed by atoms with E-state index in [1.807, 2.05) is 0 Å². The number of aromatic nitrogens is 1. The first-order valence-electron chi connectivity index (χ1n) is 5.34. The van der Waals surface area contributed by atoms with Gasteiger partial charge in [-0.15, -0.1) is 0 Å². The lowest BCUT2D eigenvalue weighted by Gasteiger charge is -2.09. The van der Waals surface area contributed by atoms with Crippen LogP contribution in [0.4, 0.5) is 4.39 Å². The Kier molecular flexibility index (Phi) is 3.66. The van der Waals surface area contributed by atoms with Crippen LogP contribution in [-0.2, 0) is 6.54 Å². The summed E-state index contributed by atoms with van der Waals surface area (Å²) in [6, 6.07) is 5.12. The molecule has 0 aliphatic heterocycles. The molecule has 19 heavy (non-hydrogen) atoms. The molecule has 1 aromatic heterocycles. The van der Waals surface area contributed by atoms with Crippen LogP contribution >= 0.6 is 11.6 Å². The molecule has 0 spiro atoms. The van der Waals surface area contributed by atoms with Gasteiger partial charge in [-0.2, -0.15) is 0 Å². The van der Waals surface area contributed by atoms with E-state index in [4.69, 9.17) is 16.7 Å². The number of pyridine rings is 1. The maximum atomic E-state index is 12.9. The summed E-state index contributed by atoms with van der Waals surface area (Å²) < 4.78 is 14.4. The van der Waals surface area contributed by atoms with Crippen LogP contribution < -0.4 is 5.43 Å². The first-order valence-corrected chi connectivity index (χ1v) is 5.72. The van der Waals surface area contributed by atoms with Crippen LogP contribution in [0.15, 0.2) is 41.5 Å². The van der Waals surface area contributed by atoms with Gasteiger partial charge in [0.05, 0.1) is 0 Å². The number of nitrogens with zero attached hydrogens (tertiary/aromatic N) is 1. The molecule has 0 bridgehead atoms. The normalized spacial score (nSPS) is 10.4. The summed E-state index contributed by atoms with van der Waals surface area (Å²) in [6.45, 7) is 0.250. The number of aromatic carboxylic acids is 1. The van der Waals surface area contributed by atoms with Crippen molar-refractivity contribution in [2.24, 2.45) is 0 Å². The van der Waals surface area contributed by atoms with Crippen molar-refractivity contribution < 1.29 is 14.3 Å². The van der Waals surface area contributed by atoms with E-state index in [9.17, 15) is 14.0 Å². The predicted octanol–water partition coefficient (Wildman–Crippen LogP) is 2.39. The molecule has 0 aliphatic rings. The van der Waals surface area contributed by atoms with Crippen LogP contribution in [0.1, 0.15) is 15.9 Å². The van der Waals surface area contributed by atoms with Gasteiger partial charge in [-0.05, 0) is 17.7 Å². The van der Waals surface area contributed by atoms with Crippen LogP contribution in [0, 0.1) is 5.82 Å². The zero-order chi connectivity index (χ0) is 14.0. The minimum absolute atomic E-state index is 0.246. The summed E-state index contributed by atoms with van der Waals surface area (Å²) in [4.78, 5) is 22.2. The number of hydrogen-bond acceptors (Lipinski definition) is 2. The number of carbonyl (C=O) groups is 1. The Morgan fingerprint density at radius 1 is 1.37 bits per heavy atom. The van der Waals surface area contributed by atoms with Gasteiger partial charge in [-0.25, -0.2) is 9.18 Å². The molecule has 2 rings (SSSR count). The second-order valence-corrected chi connectivity index (χ2v) is 4.34. The van der Waals surface area contributed by atoms with E-state index in [1.54, 1.807) is 0 Å². The molecule has 1 heterocycles. The standard InChI is InChI=1S/C13H9ClFNO3/c14-11-5-9(15)2-1-8(11)6-16-4-3-12(17)10(7-16)13(18)19/h1-5,7H,6H2,(H,18,19). The number of benzene rings is 1. The lowest BCUT2D eigenvalue weighted by atomic mass is 10.2. The fourth-order valence-electron chi connectivity index (χ4n) is 1.63. The second kappa shape index (κ2) is 5.24. The van der Waals surface area contributed by atoms with E-state index in [0.717, 1.165) is 0 Å². The fraction of sp³-hybridized carbons (Fsp3) is 0.0769. The number of rotatable bonds is 3. The third-order valence-corrected chi connectivity index (χ3v) is 2.93. The van der Waals surface area contributed by atoms with E-state index >= 15 is 0 Å². The number of halogens is 2. The van der Waals surface area contributed by atoms with Gasteiger partial charge in [0.15, 0.2) is 5.43 Å². The molecule has 0 atom stereocenters. The Balaban J connectivity index is 2.36. The second-order valence-electron chi connectivity index (χ2n) is 3.94. The smallest absolute Gasteiger partial charge is 0.341 e. The topological polar surface area (TPSA) is 59.3 Å². The summed E-state index contributed by atoms with van der Waals surface area (Å²) in [6.07, 6.45) is 2.68. The zero-order valence-corrected chi connectivity index (χ0v) is 10.4. The van der Waals surface area contributed by atoms with Gasteiger partial charge >= 0.3 is 5.97 Å². The van der Waals surface area contributed by atoms with Gasteiger partial charge < -0.3 is 9.67 Å². The first-order chi connectivity index (χ1) is 8.97. The van der Waals surface area contributed by atoms with E-state index in [-0.39, 0.29) is 17.1 Å². The number of hydrogen-bond donors (Lipinski definition) is 1. The molecule has 1 N–H and O–H groups in total. The van der Waals surface area contributed by atoms with Crippen molar-refractivity contribution in [3.05, 3.63) is 68.8 Å². The van der Waals surface area contributed by atoms with Crippen LogP contribution in [0.2, 0.25) is 5.02 Å². The Morgan fingerprint density at radius 2 is 2.11 bits per heavy atom. The van der Waals surface area contributed by atoms with Crippen LogP contribution in [-0.4, -0.2) is 15.6 Å². The monoisotopic (exact) mass is 281 g/mol. The lowest BCUT2D eigenvalue weighted by molar-refractivity contribution is 0.0694. The maximum absolute atomic E-state index is 12.9. The molecule has 6 heteroatoms. The van der Waals surface area contributed by atoms with Crippen molar-refractivity contribution in [3.63, 3.8) is 0 Å². The summed E-state index contributed by atoms with van der Waals surface area (Å²) in [5.41, 5.74) is -0.252. The molecule has 0 fully saturated rings. The Bertz CT molecular complexity index is 697. The minimum Gasteiger partial charge on any atom is -0.477 e. The quantitative estimate of drug-likeness (QED) is 0.940. The molecule has 0 radical (unpaired) electrons. The average molecular weight is 282 g/mol. The highest BCUT2D eigenvalue weighted by atomic mass is 35.5. The van der Waals surface area contributed by atoms with Gasteiger partial charge in [0, 0.05) is 30.0 Å². The first kappa shape index (κ1) is 13.3. The number of carboxylic acids is 1. The van der Waals surface area contributed by atoms with Gasteiger partial charge in [-0.3, -0.25) is 4.79 Å².